The molecule has 2 aromatic carbocycles. The summed E-state index contributed by atoms with van der Waals surface area (Å²) in [6, 6.07) is 8.74. The van der Waals surface area contributed by atoms with Gasteiger partial charge in [0.1, 0.15) is 0 Å². The Balaban J connectivity index is 2.15. The van der Waals surface area contributed by atoms with Crippen LogP contribution in [0.25, 0.3) is 0 Å². The number of halogens is 1. The van der Waals surface area contributed by atoms with Gasteiger partial charge in [0, 0.05) is 23.2 Å². The Kier molecular flexibility index (Phi) is 7.60. The second kappa shape index (κ2) is 9.91. The van der Waals surface area contributed by atoms with Crippen LogP contribution in [0.5, 0.6) is 17.2 Å². The van der Waals surface area contributed by atoms with E-state index in [2.05, 4.69) is 5.32 Å². The van der Waals surface area contributed by atoms with Crippen molar-refractivity contribution in [2.75, 3.05) is 34.3 Å². The molecule has 1 amide bonds. The quantitative estimate of drug-likeness (QED) is 0.386. The van der Waals surface area contributed by atoms with Crippen molar-refractivity contribution < 1.29 is 19.2 Å². The summed E-state index contributed by atoms with van der Waals surface area (Å²) in [5, 5.41) is 14.3. The summed E-state index contributed by atoms with van der Waals surface area (Å²) in [5.41, 5.74) is 0.136. The van der Waals surface area contributed by atoms with Crippen LogP contribution in [-0.2, 0) is 0 Å². The highest BCUT2D eigenvalue weighted by Gasteiger charge is 2.19. The summed E-state index contributed by atoms with van der Waals surface area (Å²) in [5.74, 6) is 0.317. The maximum absolute atomic E-state index is 12.3. The molecule has 28 heavy (non-hydrogen) atoms. The molecule has 0 saturated carbocycles. The van der Waals surface area contributed by atoms with Gasteiger partial charge in [-0.2, -0.15) is 0 Å². The van der Waals surface area contributed by atoms with Gasteiger partial charge < -0.3 is 19.7 Å². The van der Waals surface area contributed by atoms with E-state index in [4.69, 9.17) is 21.1 Å². The first-order chi connectivity index (χ1) is 13.3. The smallest absolute Gasteiger partial charge is 0.313 e. The second-order valence-corrected chi connectivity index (χ2v) is 6.69. The number of carbonyl (C=O) groups is 1. The van der Waals surface area contributed by atoms with Crippen molar-refractivity contribution in [3.8, 4) is 17.2 Å². The molecule has 0 atom stereocenters. The molecule has 0 unspecified atom stereocenters. The highest BCUT2D eigenvalue weighted by atomic mass is 35.5. The zero-order valence-electron chi connectivity index (χ0n) is 15.9. The van der Waals surface area contributed by atoms with Gasteiger partial charge in [0.15, 0.2) is 11.5 Å². The van der Waals surface area contributed by atoms with Crippen molar-refractivity contribution in [2.24, 2.45) is 0 Å². The van der Waals surface area contributed by atoms with E-state index in [9.17, 15) is 14.9 Å². The first kappa shape index (κ1) is 21.5. The minimum Gasteiger partial charge on any atom is -0.493 e. The fourth-order valence-electron chi connectivity index (χ4n) is 2.43. The van der Waals surface area contributed by atoms with Crippen molar-refractivity contribution in [1.29, 1.82) is 0 Å². The zero-order valence-corrected chi connectivity index (χ0v) is 16.7. The minimum absolute atomic E-state index is 0.0218. The number of nitrogens with one attached hydrogen (secondary N) is 1. The Morgan fingerprint density at radius 1 is 1.18 bits per heavy atom. The third kappa shape index (κ3) is 5.83. The molecule has 0 aliphatic rings. The monoisotopic (exact) mass is 407 g/mol. The molecule has 0 radical (unpaired) electrons. The number of nitro groups is 1. The van der Waals surface area contributed by atoms with E-state index >= 15 is 0 Å². The number of nitro benzene ring substituents is 1. The van der Waals surface area contributed by atoms with Gasteiger partial charge in [0.25, 0.3) is 5.91 Å². The Hall–Kier alpha value is -2.84. The summed E-state index contributed by atoms with van der Waals surface area (Å²) in [7, 11) is 5.37. The predicted molar refractivity (Wildman–Crippen MR) is 107 cm³/mol. The molecule has 9 heteroatoms. The Morgan fingerprint density at radius 2 is 1.89 bits per heavy atom. The fourth-order valence-corrected chi connectivity index (χ4v) is 2.60. The predicted octanol–water partition coefficient (Wildman–Crippen LogP) is 3.73. The molecular formula is C19H22ClN3O5. The number of ether oxygens (including phenoxy) is 2. The van der Waals surface area contributed by atoms with Gasteiger partial charge in [-0.3, -0.25) is 14.9 Å². The van der Waals surface area contributed by atoms with Crippen molar-refractivity contribution in [2.45, 2.75) is 6.42 Å². The molecule has 8 nitrogen and oxygen atoms in total. The number of benzene rings is 2. The van der Waals surface area contributed by atoms with Crippen molar-refractivity contribution >= 4 is 23.2 Å². The number of carbonyl (C=O) groups excluding carboxylic acids is 1. The normalized spacial score (nSPS) is 10.6. The van der Waals surface area contributed by atoms with E-state index < -0.39 is 4.92 Å². The van der Waals surface area contributed by atoms with E-state index in [1.807, 2.05) is 19.0 Å². The van der Waals surface area contributed by atoms with E-state index in [0.717, 1.165) is 13.0 Å². The molecule has 1 N–H and O–H groups in total. The molecule has 2 aromatic rings. The lowest BCUT2D eigenvalue weighted by Crippen LogP contribution is -2.27. The van der Waals surface area contributed by atoms with Crippen LogP contribution in [-0.4, -0.2) is 50.0 Å². The van der Waals surface area contributed by atoms with Gasteiger partial charge in [-0.05, 0) is 57.4 Å². The van der Waals surface area contributed by atoms with E-state index in [0.29, 0.717) is 12.1 Å². The molecule has 0 bridgehead atoms. The molecule has 0 fully saturated rings. The highest BCUT2D eigenvalue weighted by Crippen LogP contribution is 2.37. The van der Waals surface area contributed by atoms with Gasteiger partial charge in [-0.15, -0.1) is 0 Å². The van der Waals surface area contributed by atoms with E-state index in [1.165, 1.54) is 37.4 Å². The Morgan fingerprint density at radius 3 is 2.54 bits per heavy atom. The average molecular weight is 408 g/mol. The van der Waals surface area contributed by atoms with Crippen LogP contribution < -0.4 is 14.8 Å². The van der Waals surface area contributed by atoms with Crippen LogP contribution in [0.4, 0.5) is 5.69 Å². The van der Waals surface area contributed by atoms with Crippen LogP contribution in [0.1, 0.15) is 16.8 Å². The third-order valence-corrected chi connectivity index (χ3v) is 4.07. The van der Waals surface area contributed by atoms with Crippen LogP contribution in [0.2, 0.25) is 5.02 Å². The number of amides is 1. The summed E-state index contributed by atoms with van der Waals surface area (Å²) in [4.78, 5) is 25.0. The average Bonchev–Trinajstić information content (AvgIpc) is 2.66. The van der Waals surface area contributed by atoms with Crippen LogP contribution in [0.3, 0.4) is 0 Å². The standard InChI is InChI=1S/C19H22ClN3O5/c1-22(2)10-4-9-21-19(24)13-5-7-17(18(11-13)27-3)28-16-8-6-14(20)12-15(16)23(25)26/h5-8,11-12H,4,9-10H2,1-3H3,(H,21,24). The number of hydrogen-bond donors (Lipinski definition) is 1. The topological polar surface area (TPSA) is 93.9 Å². The third-order valence-electron chi connectivity index (χ3n) is 3.83. The highest BCUT2D eigenvalue weighted by molar-refractivity contribution is 6.30. The zero-order chi connectivity index (χ0) is 20.7. The lowest BCUT2D eigenvalue weighted by atomic mass is 10.2. The Bertz CT molecular complexity index is 857. The minimum atomic E-state index is -0.580. The molecule has 0 aromatic heterocycles. The number of nitrogens with zero attached hydrogens (tertiary/aromatic N) is 2. The Labute approximate surface area is 168 Å². The summed E-state index contributed by atoms with van der Waals surface area (Å²) in [6.45, 7) is 1.42. The van der Waals surface area contributed by atoms with Crippen molar-refractivity contribution in [3.63, 3.8) is 0 Å². The molecule has 0 saturated heterocycles. The van der Waals surface area contributed by atoms with Gasteiger partial charge in [0.2, 0.25) is 5.75 Å². The van der Waals surface area contributed by atoms with Gasteiger partial charge >= 0.3 is 5.69 Å². The molecule has 0 aliphatic carbocycles. The summed E-state index contributed by atoms with van der Waals surface area (Å²) >= 11 is 5.82. The van der Waals surface area contributed by atoms with Crippen molar-refractivity contribution in [1.82, 2.24) is 10.2 Å². The first-order valence-electron chi connectivity index (χ1n) is 8.54. The van der Waals surface area contributed by atoms with Gasteiger partial charge in [-0.1, -0.05) is 11.6 Å². The molecule has 0 heterocycles. The van der Waals surface area contributed by atoms with Crippen LogP contribution in [0, 0.1) is 10.1 Å². The van der Waals surface area contributed by atoms with E-state index in [1.54, 1.807) is 6.07 Å². The fraction of sp³-hybridized carbons (Fsp3) is 0.316. The number of rotatable bonds is 9. The SMILES string of the molecule is COc1cc(C(=O)NCCCN(C)C)ccc1Oc1ccc(Cl)cc1[N+](=O)[O-]. The lowest BCUT2D eigenvalue weighted by Gasteiger charge is -2.13. The molecule has 2 rings (SSSR count). The van der Waals surface area contributed by atoms with Crippen molar-refractivity contribution in [3.05, 3.63) is 57.1 Å². The second-order valence-electron chi connectivity index (χ2n) is 6.25. The molecule has 0 spiro atoms. The number of hydrogen-bond acceptors (Lipinski definition) is 6. The van der Waals surface area contributed by atoms with Gasteiger partial charge in [-0.25, -0.2) is 0 Å². The largest absolute Gasteiger partial charge is 0.493 e. The maximum atomic E-state index is 12.3. The molecule has 150 valence electrons. The first-order valence-corrected chi connectivity index (χ1v) is 8.92. The van der Waals surface area contributed by atoms with Crippen LogP contribution in [0.15, 0.2) is 36.4 Å². The summed E-state index contributed by atoms with van der Waals surface area (Å²) in [6.07, 6.45) is 0.831. The van der Waals surface area contributed by atoms with Gasteiger partial charge in [0.05, 0.1) is 12.0 Å². The molecular weight excluding hydrogens is 386 g/mol. The van der Waals surface area contributed by atoms with Crippen LogP contribution >= 0.6 is 11.6 Å². The number of methoxy groups -OCH3 is 1. The van der Waals surface area contributed by atoms with E-state index in [-0.39, 0.29) is 33.9 Å². The lowest BCUT2D eigenvalue weighted by molar-refractivity contribution is -0.385. The summed E-state index contributed by atoms with van der Waals surface area (Å²) < 4.78 is 10.9. The maximum Gasteiger partial charge on any atom is 0.313 e. The molecule has 0 aliphatic heterocycles.